The zero-order valence-electron chi connectivity index (χ0n) is 14.4. The molecule has 0 aliphatic carbocycles. The van der Waals surface area contributed by atoms with Gasteiger partial charge in [0.2, 0.25) is 5.91 Å². The molecule has 0 aliphatic rings. The van der Waals surface area contributed by atoms with Crippen molar-refractivity contribution in [1.29, 1.82) is 0 Å². The minimum Gasteiger partial charge on any atom is -0.493 e. The van der Waals surface area contributed by atoms with Gasteiger partial charge < -0.3 is 14.8 Å². The molecule has 0 heterocycles. The maximum atomic E-state index is 12.0. The molecule has 1 aromatic carbocycles. The number of amides is 1. The predicted octanol–water partition coefficient (Wildman–Crippen LogP) is 3.05. The van der Waals surface area contributed by atoms with Crippen LogP contribution in [0, 0.1) is 11.8 Å². The van der Waals surface area contributed by atoms with Crippen LogP contribution in [0.3, 0.4) is 0 Å². The number of esters is 1. The number of carbonyl (C=O) groups excluding carboxylic acids is 3. The molecule has 0 saturated heterocycles. The second kappa shape index (κ2) is 7.76. The summed E-state index contributed by atoms with van der Waals surface area (Å²) in [5, 5.41) is 2.68. The summed E-state index contributed by atoms with van der Waals surface area (Å²) in [4.78, 5) is 35.6. The molecule has 6 heteroatoms. The van der Waals surface area contributed by atoms with Crippen LogP contribution in [0.2, 0.25) is 0 Å². The highest BCUT2D eigenvalue weighted by molar-refractivity contribution is 6.00. The standard InChI is InChI=1S/C17H23NO5/c1-9(2)16(20)18-13-7-12(11(5)19)8-14(22-6)15(13)23-17(21)10(3)4/h7-10H,1-6H3,(H,18,20). The molecule has 0 saturated carbocycles. The van der Waals surface area contributed by atoms with Crippen LogP contribution in [0.1, 0.15) is 45.0 Å². The van der Waals surface area contributed by atoms with E-state index >= 15 is 0 Å². The molecule has 0 fully saturated rings. The van der Waals surface area contributed by atoms with Gasteiger partial charge in [-0.25, -0.2) is 0 Å². The van der Waals surface area contributed by atoms with Crippen LogP contribution in [-0.4, -0.2) is 24.8 Å². The smallest absolute Gasteiger partial charge is 0.313 e. The van der Waals surface area contributed by atoms with Gasteiger partial charge in [0.1, 0.15) is 0 Å². The zero-order valence-corrected chi connectivity index (χ0v) is 14.4. The first kappa shape index (κ1) is 18.7. The Hall–Kier alpha value is -2.37. The monoisotopic (exact) mass is 321 g/mol. The molecule has 23 heavy (non-hydrogen) atoms. The lowest BCUT2D eigenvalue weighted by Gasteiger charge is -2.17. The van der Waals surface area contributed by atoms with E-state index < -0.39 is 5.97 Å². The highest BCUT2D eigenvalue weighted by Crippen LogP contribution is 2.38. The van der Waals surface area contributed by atoms with E-state index in [1.807, 2.05) is 0 Å². The summed E-state index contributed by atoms with van der Waals surface area (Å²) >= 11 is 0. The van der Waals surface area contributed by atoms with Crippen LogP contribution < -0.4 is 14.8 Å². The van der Waals surface area contributed by atoms with Crippen LogP contribution in [0.15, 0.2) is 12.1 Å². The van der Waals surface area contributed by atoms with Gasteiger partial charge in [0.15, 0.2) is 17.3 Å². The molecule has 1 amide bonds. The molecule has 0 unspecified atom stereocenters. The number of hydrogen-bond donors (Lipinski definition) is 1. The topological polar surface area (TPSA) is 81.7 Å². The molecule has 0 aromatic heterocycles. The Morgan fingerprint density at radius 1 is 1.04 bits per heavy atom. The van der Waals surface area contributed by atoms with E-state index in [-0.39, 0.29) is 40.7 Å². The molecule has 1 aromatic rings. The summed E-state index contributed by atoms with van der Waals surface area (Å²) in [6.45, 7) is 8.28. The van der Waals surface area contributed by atoms with Gasteiger partial charge in [-0.2, -0.15) is 0 Å². The van der Waals surface area contributed by atoms with E-state index in [0.717, 1.165) is 0 Å². The fourth-order valence-corrected chi connectivity index (χ4v) is 1.65. The molecule has 0 atom stereocenters. The molecule has 0 spiro atoms. The van der Waals surface area contributed by atoms with Gasteiger partial charge in [0.05, 0.1) is 18.7 Å². The quantitative estimate of drug-likeness (QED) is 0.495. The molecule has 0 bridgehead atoms. The van der Waals surface area contributed by atoms with E-state index in [9.17, 15) is 14.4 Å². The summed E-state index contributed by atoms with van der Waals surface area (Å²) in [6.07, 6.45) is 0. The Bertz CT molecular complexity index is 620. The first-order valence-electron chi connectivity index (χ1n) is 7.42. The zero-order chi connectivity index (χ0) is 17.7. The molecule has 0 aliphatic heterocycles. The number of carbonyl (C=O) groups is 3. The van der Waals surface area contributed by atoms with E-state index in [0.29, 0.717) is 5.56 Å². The third-order valence-electron chi connectivity index (χ3n) is 3.14. The van der Waals surface area contributed by atoms with Gasteiger partial charge in [-0.3, -0.25) is 14.4 Å². The third kappa shape index (κ3) is 4.81. The van der Waals surface area contributed by atoms with E-state index in [1.54, 1.807) is 27.7 Å². The normalized spacial score (nSPS) is 10.6. The Balaban J connectivity index is 3.39. The van der Waals surface area contributed by atoms with Gasteiger partial charge in [-0.05, 0) is 19.1 Å². The van der Waals surface area contributed by atoms with Crippen LogP contribution in [-0.2, 0) is 9.59 Å². The summed E-state index contributed by atoms with van der Waals surface area (Å²) in [7, 11) is 1.40. The Labute approximate surface area is 136 Å². The van der Waals surface area contributed by atoms with Crippen molar-refractivity contribution in [1.82, 2.24) is 0 Å². The summed E-state index contributed by atoms with van der Waals surface area (Å²) in [6, 6.07) is 2.96. The number of nitrogens with one attached hydrogen (secondary N) is 1. The van der Waals surface area contributed by atoms with Gasteiger partial charge >= 0.3 is 5.97 Å². The van der Waals surface area contributed by atoms with Crippen LogP contribution >= 0.6 is 0 Å². The third-order valence-corrected chi connectivity index (χ3v) is 3.14. The lowest BCUT2D eigenvalue weighted by Crippen LogP contribution is -2.21. The lowest BCUT2D eigenvalue weighted by atomic mass is 10.1. The van der Waals surface area contributed by atoms with E-state index in [4.69, 9.17) is 9.47 Å². The number of ether oxygens (including phenoxy) is 2. The van der Waals surface area contributed by atoms with Crippen molar-refractivity contribution in [2.24, 2.45) is 11.8 Å². The molecule has 0 radical (unpaired) electrons. The van der Waals surface area contributed by atoms with Gasteiger partial charge in [-0.1, -0.05) is 27.7 Å². The fraction of sp³-hybridized carbons (Fsp3) is 0.471. The maximum Gasteiger partial charge on any atom is 0.313 e. The average Bonchev–Trinajstić information content (AvgIpc) is 2.47. The van der Waals surface area contributed by atoms with Crippen LogP contribution in [0.25, 0.3) is 0 Å². The molecular formula is C17H23NO5. The molecule has 1 N–H and O–H groups in total. The van der Waals surface area contributed by atoms with Gasteiger partial charge in [0, 0.05) is 11.5 Å². The van der Waals surface area contributed by atoms with Crippen molar-refractivity contribution in [2.45, 2.75) is 34.6 Å². The first-order valence-corrected chi connectivity index (χ1v) is 7.42. The number of Topliss-reactive ketones (excluding diaryl/α,β-unsaturated/α-hetero) is 1. The fourth-order valence-electron chi connectivity index (χ4n) is 1.65. The highest BCUT2D eigenvalue weighted by atomic mass is 16.6. The van der Waals surface area contributed by atoms with E-state index in [1.165, 1.54) is 26.2 Å². The maximum absolute atomic E-state index is 12.0. The van der Waals surface area contributed by atoms with Gasteiger partial charge in [0.25, 0.3) is 0 Å². The van der Waals surface area contributed by atoms with Gasteiger partial charge in [-0.15, -0.1) is 0 Å². The number of benzene rings is 1. The Morgan fingerprint density at radius 3 is 2.09 bits per heavy atom. The second-order valence-electron chi connectivity index (χ2n) is 5.83. The molecule has 1 rings (SSSR count). The summed E-state index contributed by atoms with van der Waals surface area (Å²) < 4.78 is 10.6. The molecular weight excluding hydrogens is 298 g/mol. The minimum absolute atomic E-state index is 0.102. The first-order chi connectivity index (χ1) is 10.7. The largest absolute Gasteiger partial charge is 0.493 e. The SMILES string of the molecule is COc1cc(C(C)=O)cc(NC(=O)C(C)C)c1OC(=O)C(C)C. The number of anilines is 1. The number of rotatable bonds is 6. The number of ketones is 1. The Morgan fingerprint density at radius 2 is 1.65 bits per heavy atom. The molecule has 126 valence electrons. The van der Waals surface area contributed by atoms with Crippen molar-refractivity contribution < 1.29 is 23.9 Å². The van der Waals surface area contributed by atoms with Crippen molar-refractivity contribution in [3.05, 3.63) is 17.7 Å². The second-order valence-corrected chi connectivity index (χ2v) is 5.83. The highest BCUT2D eigenvalue weighted by Gasteiger charge is 2.21. The number of methoxy groups -OCH3 is 1. The van der Waals surface area contributed by atoms with Crippen molar-refractivity contribution in [3.8, 4) is 11.5 Å². The predicted molar refractivity (Wildman–Crippen MR) is 86.9 cm³/mol. The lowest BCUT2D eigenvalue weighted by molar-refractivity contribution is -0.137. The molecule has 6 nitrogen and oxygen atoms in total. The van der Waals surface area contributed by atoms with Crippen molar-refractivity contribution in [2.75, 3.05) is 12.4 Å². The number of hydrogen-bond acceptors (Lipinski definition) is 5. The minimum atomic E-state index is -0.459. The van der Waals surface area contributed by atoms with Crippen molar-refractivity contribution in [3.63, 3.8) is 0 Å². The van der Waals surface area contributed by atoms with Crippen LogP contribution in [0.5, 0.6) is 11.5 Å². The summed E-state index contributed by atoms with van der Waals surface area (Å²) in [5.74, 6) is -1.20. The average molecular weight is 321 g/mol. The van der Waals surface area contributed by atoms with Crippen LogP contribution in [0.4, 0.5) is 5.69 Å². The summed E-state index contributed by atoms with van der Waals surface area (Å²) in [5.41, 5.74) is 0.590. The Kier molecular flexibility index (Phi) is 6.30. The van der Waals surface area contributed by atoms with E-state index in [2.05, 4.69) is 5.32 Å². The van der Waals surface area contributed by atoms with Crippen molar-refractivity contribution >= 4 is 23.3 Å².